The maximum absolute atomic E-state index is 12.3. The molecule has 0 spiro atoms. The van der Waals surface area contributed by atoms with Crippen molar-refractivity contribution < 1.29 is 14.6 Å². The summed E-state index contributed by atoms with van der Waals surface area (Å²) >= 11 is 6.50. The molecule has 1 aliphatic rings. The molecule has 0 bridgehead atoms. The van der Waals surface area contributed by atoms with Gasteiger partial charge >= 0.3 is 5.97 Å². The molecule has 1 fully saturated rings. The van der Waals surface area contributed by atoms with E-state index in [2.05, 4.69) is 20.9 Å². The number of pyridine rings is 2. The summed E-state index contributed by atoms with van der Waals surface area (Å²) in [7, 11) is 1.64. The first-order valence-corrected chi connectivity index (χ1v) is 12.4. The number of hydrogen-bond acceptors (Lipinski definition) is 5. The summed E-state index contributed by atoms with van der Waals surface area (Å²) in [6.45, 7) is 2.63. The molecule has 6 nitrogen and oxygen atoms in total. The third kappa shape index (κ3) is 5.68. The number of aliphatic carboxylic acids is 1. The lowest BCUT2D eigenvalue weighted by Gasteiger charge is -2.39. The summed E-state index contributed by atoms with van der Waals surface area (Å²) in [4.78, 5) is 23.5. The number of aromatic nitrogens is 2. The van der Waals surface area contributed by atoms with Crippen LogP contribution < -0.4 is 4.74 Å². The predicted octanol–water partition coefficient (Wildman–Crippen LogP) is 5.41. The number of carboxylic acid groups (broad SMARTS) is 1. The fourth-order valence-corrected chi connectivity index (χ4v) is 5.24. The van der Waals surface area contributed by atoms with Gasteiger partial charge in [0.1, 0.15) is 5.75 Å². The van der Waals surface area contributed by atoms with Gasteiger partial charge in [0.2, 0.25) is 0 Å². The third-order valence-electron chi connectivity index (χ3n) is 7.12. The Morgan fingerprint density at radius 3 is 2.68 bits per heavy atom. The number of piperidine rings is 1. The Bertz CT molecular complexity index is 1110. The zero-order valence-corrected chi connectivity index (χ0v) is 20.4. The van der Waals surface area contributed by atoms with Crippen molar-refractivity contribution in [2.45, 2.75) is 44.9 Å². The van der Waals surface area contributed by atoms with E-state index in [9.17, 15) is 9.90 Å². The summed E-state index contributed by atoms with van der Waals surface area (Å²) in [6, 6.07) is 11.8. The van der Waals surface area contributed by atoms with Crippen molar-refractivity contribution in [2.24, 2.45) is 5.41 Å². The van der Waals surface area contributed by atoms with Gasteiger partial charge in [-0.05, 0) is 100 Å². The van der Waals surface area contributed by atoms with Crippen LogP contribution in [0.2, 0.25) is 5.02 Å². The number of nitrogens with zero attached hydrogens (tertiary/aromatic N) is 3. The minimum Gasteiger partial charge on any atom is -0.497 e. The number of carbonyl (C=O) groups is 1. The highest BCUT2D eigenvalue weighted by molar-refractivity contribution is 6.32. The van der Waals surface area contributed by atoms with Crippen LogP contribution in [0.4, 0.5) is 0 Å². The Labute approximate surface area is 205 Å². The number of rotatable bonds is 10. The van der Waals surface area contributed by atoms with E-state index >= 15 is 0 Å². The van der Waals surface area contributed by atoms with E-state index in [0.29, 0.717) is 30.7 Å². The smallest absolute Gasteiger partial charge is 0.309 e. The van der Waals surface area contributed by atoms with Crippen molar-refractivity contribution in [1.29, 1.82) is 0 Å². The Morgan fingerprint density at radius 1 is 1.15 bits per heavy atom. The topological polar surface area (TPSA) is 75.6 Å². The van der Waals surface area contributed by atoms with Crippen LogP contribution in [-0.4, -0.2) is 52.7 Å². The highest BCUT2D eigenvalue weighted by Crippen LogP contribution is 2.38. The quantitative estimate of drug-likeness (QED) is 0.417. The Hall–Kier alpha value is -2.70. The molecule has 1 saturated heterocycles. The molecule has 0 saturated carbocycles. The largest absolute Gasteiger partial charge is 0.497 e. The molecule has 4 rings (SSSR count). The molecule has 3 heterocycles. The van der Waals surface area contributed by atoms with Gasteiger partial charge in [0, 0.05) is 23.5 Å². The highest BCUT2D eigenvalue weighted by atomic mass is 35.5. The predicted molar refractivity (Wildman–Crippen MR) is 135 cm³/mol. The average Bonchev–Trinajstić information content (AvgIpc) is 2.86. The second-order valence-electron chi connectivity index (χ2n) is 9.17. The molecular weight excluding hydrogens is 450 g/mol. The van der Waals surface area contributed by atoms with E-state index in [0.717, 1.165) is 66.8 Å². The van der Waals surface area contributed by atoms with Gasteiger partial charge in [-0.1, -0.05) is 17.7 Å². The summed E-state index contributed by atoms with van der Waals surface area (Å²) in [5.74, 6) is 0.0863. The summed E-state index contributed by atoms with van der Waals surface area (Å²) in [5.41, 5.74) is 2.33. The first-order valence-electron chi connectivity index (χ1n) is 12.0. The highest BCUT2D eigenvalue weighted by Gasteiger charge is 2.40. The molecular formula is C27H32ClN3O3. The second-order valence-corrected chi connectivity index (χ2v) is 9.58. The maximum atomic E-state index is 12.3. The van der Waals surface area contributed by atoms with Gasteiger partial charge in [-0.2, -0.15) is 0 Å². The second kappa shape index (κ2) is 11.2. The lowest BCUT2D eigenvalue weighted by molar-refractivity contribution is -0.152. The van der Waals surface area contributed by atoms with Crippen molar-refractivity contribution in [1.82, 2.24) is 14.9 Å². The molecule has 1 aliphatic heterocycles. The van der Waals surface area contributed by atoms with Crippen molar-refractivity contribution >= 4 is 28.5 Å². The lowest BCUT2D eigenvalue weighted by atomic mass is 9.74. The van der Waals surface area contributed by atoms with E-state index in [4.69, 9.17) is 16.3 Å². The monoisotopic (exact) mass is 481 g/mol. The van der Waals surface area contributed by atoms with Crippen molar-refractivity contribution in [3.63, 3.8) is 0 Å². The molecule has 0 radical (unpaired) electrons. The van der Waals surface area contributed by atoms with E-state index in [-0.39, 0.29) is 0 Å². The van der Waals surface area contributed by atoms with Gasteiger partial charge in [0.05, 0.1) is 23.1 Å². The fourth-order valence-electron chi connectivity index (χ4n) is 4.99. The van der Waals surface area contributed by atoms with Crippen molar-refractivity contribution in [3.8, 4) is 5.75 Å². The van der Waals surface area contributed by atoms with Gasteiger partial charge in [0.15, 0.2) is 0 Å². The Balaban J connectivity index is 1.34. The number of benzene rings is 1. The zero-order valence-electron chi connectivity index (χ0n) is 19.7. The normalized spacial score (nSPS) is 15.9. The number of fused-ring (bicyclic) bond motifs is 1. The number of hydrogen-bond donors (Lipinski definition) is 1. The van der Waals surface area contributed by atoms with E-state index in [1.165, 1.54) is 0 Å². The van der Waals surface area contributed by atoms with Gasteiger partial charge < -0.3 is 14.7 Å². The van der Waals surface area contributed by atoms with Crippen LogP contribution in [-0.2, 0) is 17.6 Å². The molecule has 0 aliphatic carbocycles. The SMILES string of the molecule is COc1ccc2ncc(Cl)c(CCCC3(C(=O)O)CCN(CCCc4ccccn4)CC3)c2c1. The van der Waals surface area contributed by atoms with Crippen LogP contribution in [0.25, 0.3) is 10.9 Å². The molecule has 1 aromatic carbocycles. The van der Waals surface area contributed by atoms with Crippen LogP contribution in [0.15, 0.2) is 48.8 Å². The molecule has 0 atom stereocenters. The number of likely N-dealkylation sites (tertiary alicyclic amines) is 1. The number of aryl methyl sites for hydroxylation is 2. The van der Waals surface area contributed by atoms with Crippen LogP contribution >= 0.6 is 11.6 Å². The first kappa shape index (κ1) is 24.4. The van der Waals surface area contributed by atoms with Gasteiger partial charge in [0.25, 0.3) is 0 Å². The molecule has 0 amide bonds. The lowest BCUT2D eigenvalue weighted by Crippen LogP contribution is -2.44. The van der Waals surface area contributed by atoms with Gasteiger partial charge in [-0.15, -0.1) is 0 Å². The molecule has 2 aromatic heterocycles. The maximum Gasteiger partial charge on any atom is 0.309 e. The number of halogens is 1. The Morgan fingerprint density at radius 2 is 1.97 bits per heavy atom. The van der Waals surface area contributed by atoms with Crippen molar-refractivity contribution in [3.05, 3.63) is 65.1 Å². The minimum atomic E-state index is -0.673. The summed E-state index contributed by atoms with van der Waals surface area (Å²) < 4.78 is 5.37. The van der Waals surface area contributed by atoms with Gasteiger partial charge in [-0.25, -0.2) is 0 Å². The van der Waals surface area contributed by atoms with E-state index in [1.54, 1.807) is 13.3 Å². The average molecular weight is 482 g/mol. The summed E-state index contributed by atoms with van der Waals surface area (Å²) in [6.07, 6.45) is 9.00. The molecule has 1 N–H and O–H groups in total. The number of methoxy groups -OCH3 is 1. The standard InChI is InChI=1S/C27H32ClN3O3/c1-34-21-9-10-25-23(18-21)22(24(28)19-30-25)8-4-11-27(26(32)33)12-16-31(17-13-27)15-5-7-20-6-2-3-14-29-20/h2-3,6,9-10,14,18-19H,4-5,7-8,11-13,15-17H2,1H3,(H,32,33). The molecule has 7 heteroatoms. The fraction of sp³-hybridized carbons (Fsp3) is 0.444. The van der Waals surface area contributed by atoms with E-state index in [1.807, 2.05) is 36.5 Å². The van der Waals surface area contributed by atoms with Crippen molar-refractivity contribution in [2.75, 3.05) is 26.7 Å². The zero-order chi connectivity index (χ0) is 24.0. The number of ether oxygens (including phenoxy) is 1. The minimum absolute atomic E-state index is 0.618. The van der Waals surface area contributed by atoms with E-state index < -0.39 is 11.4 Å². The summed E-state index contributed by atoms with van der Waals surface area (Å²) in [5, 5.41) is 11.7. The van der Waals surface area contributed by atoms with Crippen LogP contribution in [0.5, 0.6) is 5.75 Å². The first-order chi connectivity index (χ1) is 16.5. The van der Waals surface area contributed by atoms with Crippen LogP contribution in [0.3, 0.4) is 0 Å². The number of carboxylic acids is 1. The Kier molecular flexibility index (Phi) is 8.01. The van der Waals surface area contributed by atoms with Gasteiger partial charge in [-0.3, -0.25) is 14.8 Å². The molecule has 3 aromatic rings. The molecule has 180 valence electrons. The molecule has 0 unspecified atom stereocenters. The van der Waals surface area contributed by atoms with Crippen LogP contribution in [0.1, 0.15) is 43.4 Å². The van der Waals surface area contributed by atoms with Crippen LogP contribution in [0, 0.1) is 5.41 Å². The molecule has 34 heavy (non-hydrogen) atoms. The third-order valence-corrected chi connectivity index (χ3v) is 7.44.